The number of rotatable bonds is 8. The van der Waals surface area contributed by atoms with E-state index < -0.39 is 6.10 Å². The summed E-state index contributed by atoms with van der Waals surface area (Å²) < 4.78 is 27.7. The summed E-state index contributed by atoms with van der Waals surface area (Å²) in [6.45, 7) is 2.56. The van der Waals surface area contributed by atoms with Crippen LogP contribution >= 0.6 is 34.4 Å². The van der Waals surface area contributed by atoms with Gasteiger partial charge in [0.25, 0.3) is 0 Å². The van der Waals surface area contributed by atoms with E-state index in [0.29, 0.717) is 29.9 Å². The minimum atomic E-state index is -0.577. The number of aliphatic hydroxyl groups excluding tert-OH is 1. The highest BCUT2D eigenvalue weighted by molar-refractivity contribution is 14.1. The number of fused-ring (bicyclic) bond motifs is 2. The normalized spacial score (nSPS) is 22.7. The van der Waals surface area contributed by atoms with Crippen LogP contribution in [0, 0.1) is 9.39 Å². The number of aromatic amines is 1. The van der Waals surface area contributed by atoms with Gasteiger partial charge >= 0.3 is 0 Å². The van der Waals surface area contributed by atoms with Gasteiger partial charge in [-0.2, -0.15) is 0 Å². The maximum atomic E-state index is 15.1. The number of nitrogens with one attached hydrogen (secondary N) is 3. The van der Waals surface area contributed by atoms with Crippen LogP contribution in [-0.2, 0) is 9.47 Å². The van der Waals surface area contributed by atoms with E-state index in [0.717, 1.165) is 44.1 Å². The first-order valence-corrected chi connectivity index (χ1v) is 14.5. The molecule has 4 atom stereocenters. The molecule has 4 heterocycles. The second-order valence-corrected chi connectivity index (χ2v) is 12.0. The maximum absolute atomic E-state index is 15.1. The van der Waals surface area contributed by atoms with Gasteiger partial charge < -0.3 is 30.2 Å². The lowest BCUT2D eigenvalue weighted by Gasteiger charge is -2.14. The summed E-state index contributed by atoms with van der Waals surface area (Å²) in [6.07, 6.45) is -0.996. The van der Waals surface area contributed by atoms with Gasteiger partial charge in [0.15, 0.2) is 5.82 Å². The maximum Gasteiger partial charge on any atom is 0.151 e. The van der Waals surface area contributed by atoms with Gasteiger partial charge in [0.2, 0.25) is 0 Å². The molecule has 2 saturated heterocycles. The molecule has 0 aliphatic carbocycles. The van der Waals surface area contributed by atoms with E-state index in [9.17, 15) is 5.11 Å². The Balaban J connectivity index is 1.19. The first-order chi connectivity index (χ1) is 18.5. The second kappa shape index (κ2) is 11.1. The lowest BCUT2D eigenvalue weighted by atomic mass is 10.0. The molecule has 0 bridgehead atoms. The number of H-pyrrole nitrogens is 1. The van der Waals surface area contributed by atoms with Gasteiger partial charge in [0.05, 0.1) is 34.5 Å². The van der Waals surface area contributed by atoms with Gasteiger partial charge in [0.1, 0.15) is 24.0 Å². The molecule has 1 unspecified atom stereocenters. The zero-order chi connectivity index (χ0) is 26.2. The van der Waals surface area contributed by atoms with Crippen LogP contribution in [0.25, 0.3) is 33.4 Å². The average molecular weight is 647 g/mol. The zero-order valence-corrected chi connectivity index (χ0v) is 23.7. The first-order valence-electron chi connectivity index (χ1n) is 12.6. The summed E-state index contributed by atoms with van der Waals surface area (Å²) in [4.78, 5) is 7.91. The molecule has 2 aliphatic rings. The number of thioether (sulfide) groups is 1. The Bertz CT molecular complexity index is 1450. The fourth-order valence-corrected chi connectivity index (χ4v) is 6.86. The number of benzene rings is 2. The summed E-state index contributed by atoms with van der Waals surface area (Å²) in [5.41, 5.74) is 5.67. The van der Waals surface area contributed by atoms with Crippen LogP contribution < -0.4 is 10.6 Å². The number of hydrogen-bond acceptors (Lipinski definition) is 7. The highest BCUT2D eigenvalue weighted by Gasteiger charge is 2.47. The van der Waals surface area contributed by atoms with Crippen molar-refractivity contribution in [3.8, 4) is 22.4 Å². The summed E-state index contributed by atoms with van der Waals surface area (Å²) in [6, 6.07) is 17.6. The van der Waals surface area contributed by atoms with E-state index in [-0.39, 0.29) is 23.3 Å². The Hall–Kier alpha value is -2.22. The molecule has 198 valence electrons. The standard InChI is InChI=1S/C28H28FIN4O3S/c1-31-8-9-32-20-7-6-17(10-19(20)30)15-2-4-16(5-3-15)26-18(29)11-21-22(34-26)12-25(33-21)38-24-14-37-27-23(35)13-36-28(24)27/h2-7,10-12,23-24,27-28,31-33,35H,8-9,13-14H2,1H3/t23-,24-,27-,28?/m1/s1. The summed E-state index contributed by atoms with van der Waals surface area (Å²) in [7, 11) is 1.94. The van der Waals surface area contributed by atoms with Crippen LogP contribution in [0.2, 0.25) is 0 Å². The third kappa shape index (κ3) is 5.17. The van der Waals surface area contributed by atoms with Crippen LogP contribution in [0.5, 0.6) is 0 Å². The third-order valence-corrected chi connectivity index (χ3v) is 9.02. The van der Waals surface area contributed by atoms with Crippen molar-refractivity contribution >= 4 is 51.1 Å². The summed E-state index contributed by atoms with van der Waals surface area (Å²) in [5.74, 6) is -0.373. The molecular formula is C28H28FIN4O3S. The molecule has 0 amide bonds. The Labute approximate surface area is 238 Å². The lowest BCUT2D eigenvalue weighted by Crippen LogP contribution is -2.29. The predicted molar refractivity (Wildman–Crippen MR) is 157 cm³/mol. The number of pyridine rings is 1. The number of nitrogens with zero attached hydrogens (tertiary/aromatic N) is 1. The number of anilines is 1. The number of ether oxygens (including phenoxy) is 2. The molecule has 6 rings (SSSR count). The van der Waals surface area contributed by atoms with Crippen molar-refractivity contribution in [3.05, 3.63) is 64.0 Å². The van der Waals surface area contributed by atoms with Crippen LogP contribution in [0.1, 0.15) is 0 Å². The van der Waals surface area contributed by atoms with Crippen molar-refractivity contribution in [2.75, 3.05) is 38.7 Å². The molecule has 4 N–H and O–H groups in total. The molecule has 2 aromatic carbocycles. The third-order valence-electron chi connectivity index (χ3n) is 6.94. The lowest BCUT2D eigenvalue weighted by molar-refractivity contribution is 0.0188. The van der Waals surface area contributed by atoms with Crippen molar-refractivity contribution in [3.63, 3.8) is 0 Å². The largest absolute Gasteiger partial charge is 0.388 e. The highest BCUT2D eigenvalue weighted by atomic mass is 127. The van der Waals surface area contributed by atoms with E-state index in [1.807, 2.05) is 37.4 Å². The Morgan fingerprint density at radius 2 is 1.79 bits per heavy atom. The Kier molecular flexibility index (Phi) is 7.61. The summed E-state index contributed by atoms with van der Waals surface area (Å²) >= 11 is 3.93. The number of hydrogen-bond donors (Lipinski definition) is 4. The second-order valence-electron chi connectivity index (χ2n) is 9.51. The van der Waals surface area contributed by atoms with E-state index in [4.69, 9.17) is 9.47 Å². The predicted octanol–water partition coefficient (Wildman–Crippen LogP) is 4.89. The molecule has 10 heteroatoms. The van der Waals surface area contributed by atoms with E-state index >= 15 is 4.39 Å². The minimum absolute atomic E-state index is 0.0586. The highest BCUT2D eigenvalue weighted by Crippen LogP contribution is 2.38. The topological polar surface area (TPSA) is 91.4 Å². The monoisotopic (exact) mass is 646 g/mol. The van der Waals surface area contributed by atoms with Crippen molar-refractivity contribution in [2.45, 2.75) is 28.6 Å². The SMILES string of the molecule is CNCCNc1ccc(-c2ccc(-c3nc4cc(S[C@@H]5CO[C@H]6C5OC[C@H]6O)[nH]c4cc3F)cc2)cc1I. The smallest absolute Gasteiger partial charge is 0.151 e. The number of aliphatic hydroxyl groups is 1. The molecule has 7 nitrogen and oxygen atoms in total. The van der Waals surface area contributed by atoms with Gasteiger partial charge in [-0.25, -0.2) is 9.37 Å². The molecule has 2 aliphatic heterocycles. The van der Waals surface area contributed by atoms with Gasteiger partial charge in [0, 0.05) is 34.0 Å². The molecular weight excluding hydrogens is 618 g/mol. The number of likely N-dealkylation sites (N-methyl/N-ethyl adjacent to an activating group) is 1. The van der Waals surface area contributed by atoms with Crippen LogP contribution in [0.4, 0.5) is 10.1 Å². The molecule has 0 spiro atoms. The van der Waals surface area contributed by atoms with E-state index in [2.05, 4.69) is 61.4 Å². The van der Waals surface area contributed by atoms with Crippen LogP contribution in [0.3, 0.4) is 0 Å². The molecule has 0 radical (unpaired) electrons. The molecule has 0 saturated carbocycles. The Morgan fingerprint density at radius 1 is 1.03 bits per heavy atom. The molecule has 38 heavy (non-hydrogen) atoms. The van der Waals surface area contributed by atoms with Gasteiger partial charge in [-0.15, -0.1) is 0 Å². The minimum Gasteiger partial charge on any atom is -0.388 e. The van der Waals surface area contributed by atoms with Gasteiger partial charge in [-0.05, 0) is 59.0 Å². The van der Waals surface area contributed by atoms with Crippen LogP contribution in [0.15, 0.2) is 59.6 Å². The quantitative estimate of drug-likeness (QED) is 0.160. The molecule has 2 fully saturated rings. The first kappa shape index (κ1) is 26.0. The van der Waals surface area contributed by atoms with Crippen molar-refractivity contribution in [1.29, 1.82) is 0 Å². The Morgan fingerprint density at radius 3 is 2.58 bits per heavy atom. The van der Waals surface area contributed by atoms with Gasteiger partial charge in [-0.1, -0.05) is 42.1 Å². The zero-order valence-electron chi connectivity index (χ0n) is 20.7. The van der Waals surface area contributed by atoms with Crippen molar-refractivity contribution in [1.82, 2.24) is 15.3 Å². The van der Waals surface area contributed by atoms with Crippen molar-refractivity contribution in [2.24, 2.45) is 0 Å². The summed E-state index contributed by atoms with van der Waals surface area (Å²) in [5, 5.41) is 17.5. The number of aromatic nitrogens is 2. The number of halogens is 2. The fourth-order valence-electron chi connectivity index (χ4n) is 4.96. The van der Waals surface area contributed by atoms with Gasteiger partial charge in [-0.3, -0.25) is 0 Å². The fraction of sp³-hybridized carbons (Fsp3) is 0.321. The van der Waals surface area contributed by atoms with Crippen LogP contribution in [-0.4, -0.2) is 72.0 Å². The molecule has 4 aromatic rings. The molecule has 2 aromatic heterocycles. The van der Waals surface area contributed by atoms with Crippen molar-refractivity contribution < 1.29 is 19.0 Å². The van der Waals surface area contributed by atoms with E-state index in [1.54, 1.807) is 11.8 Å². The van der Waals surface area contributed by atoms with E-state index in [1.165, 1.54) is 6.07 Å². The average Bonchev–Trinajstić information content (AvgIpc) is 3.61.